The number of hydrogen-bond acceptors (Lipinski definition) is 6. The molecule has 2 aromatic heterocycles. The predicted octanol–water partition coefficient (Wildman–Crippen LogP) is 4.53. The molecule has 1 aromatic carbocycles. The highest BCUT2D eigenvalue weighted by Crippen LogP contribution is 2.29. The number of carbonyl (C=O) groups is 1. The summed E-state index contributed by atoms with van der Waals surface area (Å²) in [5.74, 6) is 1.13. The Morgan fingerprint density at radius 2 is 2.00 bits per heavy atom. The van der Waals surface area contributed by atoms with E-state index in [1.54, 1.807) is 43.0 Å². The summed E-state index contributed by atoms with van der Waals surface area (Å²) in [5.41, 5.74) is 1.86. The maximum atomic E-state index is 12.1. The number of hydrogen-bond donors (Lipinski definition) is 1. The van der Waals surface area contributed by atoms with Crippen molar-refractivity contribution in [3.63, 3.8) is 0 Å². The second-order valence-corrected chi connectivity index (χ2v) is 7.91. The van der Waals surface area contributed by atoms with Gasteiger partial charge in [-0.15, -0.1) is 22.7 Å². The van der Waals surface area contributed by atoms with Gasteiger partial charge in [0.05, 0.1) is 36.3 Å². The molecule has 2 heterocycles. The molecule has 3 aromatic rings. The maximum absolute atomic E-state index is 12.1. The lowest BCUT2D eigenvalue weighted by molar-refractivity contribution is -0.116. The molecule has 5 nitrogen and oxygen atoms in total. The Morgan fingerprint density at radius 1 is 1.19 bits per heavy atom. The number of ether oxygens (including phenoxy) is 2. The van der Waals surface area contributed by atoms with Gasteiger partial charge in [-0.2, -0.15) is 0 Å². The van der Waals surface area contributed by atoms with E-state index >= 15 is 0 Å². The fourth-order valence-corrected chi connectivity index (χ4v) is 4.04. The third kappa shape index (κ3) is 4.96. The molecule has 0 spiro atoms. The Hall–Kier alpha value is -2.64. The van der Waals surface area contributed by atoms with Crippen LogP contribution in [0.5, 0.6) is 11.5 Å². The zero-order chi connectivity index (χ0) is 19.2. The zero-order valence-corrected chi connectivity index (χ0v) is 16.9. The van der Waals surface area contributed by atoms with Crippen LogP contribution in [0, 0.1) is 6.92 Å². The number of benzene rings is 1. The number of nitrogens with one attached hydrogen (secondary N) is 1. The van der Waals surface area contributed by atoms with Gasteiger partial charge in [-0.3, -0.25) is 4.79 Å². The molecule has 1 N–H and O–H groups in total. The molecule has 0 aliphatic carbocycles. The van der Waals surface area contributed by atoms with E-state index < -0.39 is 0 Å². The number of rotatable bonds is 7. The molecule has 3 rings (SSSR count). The van der Waals surface area contributed by atoms with Crippen molar-refractivity contribution in [3.8, 4) is 22.1 Å². The van der Waals surface area contributed by atoms with Gasteiger partial charge in [-0.25, -0.2) is 4.98 Å². The third-order valence-electron chi connectivity index (χ3n) is 3.80. The molecular weight excluding hydrogens is 380 g/mol. The highest BCUT2D eigenvalue weighted by Gasteiger charge is 2.07. The van der Waals surface area contributed by atoms with Crippen LogP contribution in [0.25, 0.3) is 16.6 Å². The molecule has 0 atom stereocenters. The lowest BCUT2D eigenvalue weighted by Crippen LogP contribution is -2.19. The average Bonchev–Trinajstić information content (AvgIpc) is 3.33. The molecule has 0 unspecified atom stereocenters. The van der Waals surface area contributed by atoms with Gasteiger partial charge in [0.25, 0.3) is 0 Å². The van der Waals surface area contributed by atoms with Crippen LogP contribution < -0.4 is 14.8 Å². The van der Waals surface area contributed by atoms with Gasteiger partial charge in [0.15, 0.2) is 11.5 Å². The first kappa shape index (κ1) is 19.1. The van der Waals surface area contributed by atoms with Crippen LogP contribution in [-0.2, 0) is 11.3 Å². The third-order valence-corrected chi connectivity index (χ3v) is 5.69. The zero-order valence-electron chi connectivity index (χ0n) is 15.3. The summed E-state index contributed by atoms with van der Waals surface area (Å²) in [6.07, 6.45) is 3.26. The molecule has 0 saturated heterocycles. The molecule has 0 radical (unpaired) electrons. The first-order valence-corrected chi connectivity index (χ1v) is 9.98. The Kier molecular flexibility index (Phi) is 6.26. The van der Waals surface area contributed by atoms with Gasteiger partial charge >= 0.3 is 0 Å². The minimum absolute atomic E-state index is 0.149. The van der Waals surface area contributed by atoms with Gasteiger partial charge in [0.2, 0.25) is 5.91 Å². The number of nitrogens with zero attached hydrogens (tertiary/aromatic N) is 1. The highest BCUT2D eigenvalue weighted by molar-refractivity contribution is 7.16. The SMILES string of the molecule is COc1ccc(/C=C/C(=O)NCc2ccc(-c3csc(C)n3)s2)cc1OC. The van der Waals surface area contributed by atoms with Crippen molar-refractivity contribution in [2.45, 2.75) is 13.5 Å². The maximum Gasteiger partial charge on any atom is 0.244 e. The largest absolute Gasteiger partial charge is 0.493 e. The molecule has 7 heteroatoms. The van der Waals surface area contributed by atoms with Crippen LogP contribution >= 0.6 is 22.7 Å². The number of aryl methyl sites for hydroxylation is 1. The molecule has 0 aliphatic heterocycles. The molecule has 140 valence electrons. The number of thiazole rings is 1. The van der Waals surface area contributed by atoms with Crippen molar-refractivity contribution in [3.05, 3.63) is 57.2 Å². The lowest BCUT2D eigenvalue weighted by atomic mass is 10.2. The quantitative estimate of drug-likeness (QED) is 0.592. The predicted molar refractivity (Wildman–Crippen MR) is 111 cm³/mol. The van der Waals surface area contributed by atoms with Crippen LogP contribution in [0.1, 0.15) is 15.4 Å². The van der Waals surface area contributed by atoms with E-state index in [9.17, 15) is 4.79 Å². The van der Waals surface area contributed by atoms with Crippen molar-refractivity contribution in [1.82, 2.24) is 10.3 Å². The van der Waals surface area contributed by atoms with E-state index in [4.69, 9.17) is 9.47 Å². The second-order valence-electron chi connectivity index (χ2n) is 5.68. The lowest BCUT2D eigenvalue weighted by Gasteiger charge is -2.07. The van der Waals surface area contributed by atoms with Gasteiger partial charge in [-0.1, -0.05) is 6.07 Å². The summed E-state index contributed by atoms with van der Waals surface area (Å²) in [4.78, 5) is 18.8. The molecular formula is C20H20N2O3S2. The molecule has 0 saturated carbocycles. The van der Waals surface area contributed by atoms with Crippen molar-refractivity contribution in [2.75, 3.05) is 14.2 Å². The standard InChI is InChI=1S/C20H20N2O3S2/c1-13-22-16(12-26-13)19-8-6-15(27-19)11-21-20(23)9-5-14-4-7-17(24-2)18(10-14)25-3/h4-10,12H,11H2,1-3H3,(H,21,23)/b9-5+. The van der Waals surface area contributed by atoms with E-state index in [1.165, 1.54) is 6.08 Å². The number of thiophene rings is 1. The Balaban J connectivity index is 1.57. The minimum Gasteiger partial charge on any atom is -0.493 e. The first-order chi connectivity index (χ1) is 13.1. The van der Waals surface area contributed by atoms with Crippen molar-refractivity contribution < 1.29 is 14.3 Å². The Morgan fingerprint density at radius 3 is 2.70 bits per heavy atom. The number of amides is 1. The van der Waals surface area contributed by atoms with Crippen LogP contribution in [0.15, 0.2) is 41.8 Å². The normalized spacial score (nSPS) is 10.9. The van der Waals surface area contributed by atoms with E-state index in [2.05, 4.69) is 15.7 Å². The topological polar surface area (TPSA) is 60.5 Å². The molecule has 27 heavy (non-hydrogen) atoms. The Bertz CT molecular complexity index is 960. The van der Waals surface area contributed by atoms with Gasteiger partial charge < -0.3 is 14.8 Å². The van der Waals surface area contributed by atoms with Crippen LogP contribution in [-0.4, -0.2) is 25.1 Å². The summed E-state index contributed by atoms with van der Waals surface area (Å²) >= 11 is 3.28. The summed E-state index contributed by atoms with van der Waals surface area (Å²) in [6.45, 7) is 2.48. The minimum atomic E-state index is -0.149. The fraction of sp³-hybridized carbons (Fsp3) is 0.200. The van der Waals surface area contributed by atoms with Crippen molar-refractivity contribution in [1.29, 1.82) is 0 Å². The van der Waals surface area contributed by atoms with E-state index in [0.717, 1.165) is 26.0 Å². The average molecular weight is 401 g/mol. The van der Waals surface area contributed by atoms with E-state index in [1.807, 2.05) is 37.3 Å². The second kappa shape index (κ2) is 8.83. The van der Waals surface area contributed by atoms with Crippen LogP contribution in [0.2, 0.25) is 0 Å². The van der Waals surface area contributed by atoms with Gasteiger partial charge in [0.1, 0.15) is 0 Å². The van der Waals surface area contributed by atoms with Gasteiger partial charge in [-0.05, 0) is 42.8 Å². The summed E-state index contributed by atoms with van der Waals surface area (Å²) < 4.78 is 10.5. The summed E-state index contributed by atoms with van der Waals surface area (Å²) in [7, 11) is 3.17. The number of carbonyl (C=O) groups excluding carboxylic acids is 1. The number of methoxy groups -OCH3 is 2. The van der Waals surface area contributed by atoms with Crippen LogP contribution in [0.4, 0.5) is 0 Å². The van der Waals surface area contributed by atoms with Crippen molar-refractivity contribution >= 4 is 34.7 Å². The van der Waals surface area contributed by atoms with E-state index in [-0.39, 0.29) is 5.91 Å². The molecule has 1 amide bonds. The van der Waals surface area contributed by atoms with E-state index in [0.29, 0.717) is 18.0 Å². The molecule has 0 bridgehead atoms. The summed E-state index contributed by atoms with van der Waals surface area (Å²) in [5, 5.41) is 6.00. The van der Waals surface area contributed by atoms with Crippen molar-refractivity contribution in [2.24, 2.45) is 0 Å². The molecule has 0 fully saturated rings. The van der Waals surface area contributed by atoms with Crippen LogP contribution in [0.3, 0.4) is 0 Å². The first-order valence-electron chi connectivity index (χ1n) is 8.28. The number of aromatic nitrogens is 1. The Labute approximate surface area is 166 Å². The molecule has 0 aliphatic rings. The fourth-order valence-electron chi connectivity index (χ4n) is 2.45. The van der Waals surface area contributed by atoms with Gasteiger partial charge in [0, 0.05) is 16.3 Å². The highest BCUT2D eigenvalue weighted by atomic mass is 32.1. The summed E-state index contributed by atoms with van der Waals surface area (Å²) in [6, 6.07) is 9.56. The monoisotopic (exact) mass is 400 g/mol. The smallest absolute Gasteiger partial charge is 0.244 e.